The molecule has 0 spiro atoms. The van der Waals surface area contributed by atoms with Crippen molar-refractivity contribution in [3.05, 3.63) is 28.3 Å². The van der Waals surface area contributed by atoms with Crippen molar-refractivity contribution in [1.82, 2.24) is 4.90 Å². The second-order valence-corrected chi connectivity index (χ2v) is 5.73. The lowest BCUT2D eigenvalue weighted by atomic mass is 9.73. The Bertz CT molecular complexity index is 495. The molecule has 1 aliphatic rings. The molecule has 1 aromatic carbocycles. The van der Waals surface area contributed by atoms with Crippen molar-refractivity contribution in [3.8, 4) is 0 Å². The van der Waals surface area contributed by atoms with E-state index in [0.717, 1.165) is 42.6 Å². The smallest absolute Gasteiger partial charge is 0.0910 e. The zero-order valence-electron chi connectivity index (χ0n) is 11.8. The number of hydrogen-bond acceptors (Lipinski definition) is 2. The molecule has 4 heteroatoms. The van der Waals surface area contributed by atoms with Crippen LogP contribution in [0.2, 0.25) is 5.02 Å². The van der Waals surface area contributed by atoms with Crippen LogP contribution in [0.5, 0.6) is 0 Å². The molecule has 0 atom stereocenters. The van der Waals surface area contributed by atoms with Crippen molar-refractivity contribution in [2.24, 2.45) is 4.99 Å². The molecule has 19 heavy (non-hydrogen) atoms. The van der Waals surface area contributed by atoms with E-state index in [4.69, 9.17) is 11.6 Å². The summed E-state index contributed by atoms with van der Waals surface area (Å²) in [5.41, 5.74) is 2.09. The number of nitrogens with zero attached hydrogens (tertiary/aromatic N) is 2. The summed E-state index contributed by atoms with van der Waals surface area (Å²) in [6.07, 6.45) is 4.50. The predicted molar refractivity (Wildman–Crippen MR) is 80.4 cm³/mol. The van der Waals surface area contributed by atoms with Crippen LogP contribution >= 0.6 is 11.6 Å². The predicted octanol–water partition coefficient (Wildman–Crippen LogP) is 3.63. The Morgan fingerprint density at radius 2 is 2.16 bits per heavy atom. The second-order valence-electron chi connectivity index (χ2n) is 5.32. The van der Waals surface area contributed by atoms with Crippen LogP contribution in [0.15, 0.2) is 17.1 Å². The van der Waals surface area contributed by atoms with E-state index in [-0.39, 0.29) is 0 Å². The van der Waals surface area contributed by atoms with Crippen LogP contribution in [0, 0.1) is 6.92 Å². The van der Waals surface area contributed by atoms with Crippen molar-refractivity contribution in [2.45, 2.75) is 38.7 Å². The number of aliphatic hydroxyl groups is 1. The average molecular weight is 281 g/mol. The lowest BCUT2D eigenvalue weighted by Gasteiger charge is -2.38. The molecule has 1 aromatic rings. The molecule has 1 fully saturated rings. The summed E-state index contributed by atoms with van der Waals surface area (Å²) < 4.78 is 0. The first-order valence-electron chi connectivity index (χ1n) is 6.73. The Balaban J connectivity index is 2.29. The van der Waals surface area contributed by atoms with Gasteiger partial charge in [0.15, 0.2) is 0 Å². The molecule has 1 saturated carbocycles. The highest BCUT2D eigenvalue weighted by Gasteiger charge is 2.37. The van der Waals surface area contributed by atoms with E-state index in [1.165, 1.54) is 0 Å². The zero-order valence-corrected chi connectivity index (χ0v) is 12.5. The highest BCUT2D eigenvalue weighted by Crippen LogP contribution is 2.44. The van der Waals surface area contributed by atoms with Gasteiger partial charge in [-0.1, -0.05) is 11.6 Å². The molecule has 2 rings (SSSR count). The number of hydrogen-bond donors (Lipinski definition) is 1. The first-order valence-corrected chi connectivity index (χ1v) is 7.11. The second kappa shape index (κ2) is 5.51. The third kappa shape index (κ3) is 2.93. The normalized spacial score (nSPS) is 17.5. The van der Waals surface area contributed by atoms with Crippen LogP contribution in [0.25, 0.3) is 0 Å². The van der Waals surface area contributed by atoms with Gasteiger partial charge in [-0.2, -0.15) is 0 Å². The molecule has 0 aliphatic heterocycles. The minimum atomic E-state index is -0.670. The lowest BCUT2D eigenvalue weighted by molar-refractivity contribution is -0.0392. The summed E-state index contributed by atoms with van der Waals surface area (Å²) in [4.78, 5) is 6.38. The molecule has 0 unspecified atom stereocenters. The summed E-state index contributed by atoms with van der Waals surface area (Å²) >= 11 is 6.27. The van der Waals surface area contributed by atoms with E-state index in [0.29, 0.717) is 5.02 Å². The molecule has 0 amide bonds. The van der Waals surface area contributed by atoms with Gasteiger partial charge in [-0.25, -0.2) is 4.99 Å². The molecular weight excluding hydrogens is 260 g/mol. The average Bonchev–Trinajstić information content (AvgIpc) is 2.36. The minimum absolute atomic E-state index is 0.599. The van der Waals surface area contributed by atoms with Crippen LogP contribution in [-0.2, 0) is 5.60 Å². The summed E-state index contributed by atoms with van der Waals surface area (Å²) in [5, 5.41) is 11.0. The number of aryl methyl sites for hydroxylation is 1. The van der Waals surface area contributed by atoms with Gasteiger partial charge in [-0.05, 0) is 56.4 Å². The van der Waals surface area contributed by atoms with Crippen LogP contribution in [0.1, 0.15) is 37.3 Å². The van der Waals surface area contributed by atoms with E-state index in [1.54, 1.807) is 6.34 Å². The van der Waals surface area contributed by atoms with Crippen molar-refractivity contribution in [1.29, 1.82) is 0 Å². The van der Waals surface area contributed by atoms with Crippen molar-refractivity contribution >= 4 is 23.6 Å². The molecule has 3 nitrogen and oxygen atoms in total. The van der Waals surface area contributed by atoms with Gasteiger partial charge in [0.05, 0.1) is 22.6 Å². The highest BCUT2D eigenvalue weighted by molar-refractivity contribution is 6.33. The summed E-state index contributed by atoms with van der Waals surface area (Å²) in [7, 11) is 1.97. The Morgan fingerprint density at radius 3 is 2.68 bits per heavy atom. The quantitative estimate of drug-likeness (QED) is 0.675. The van der Waals surface area contributed by atoms with Gasteiger partial charge in [0.1, 0.15) is 0 Å². The van der Waals surface area contributed by atoms with Gasteiger partial charge >= 0.3 is 0 Å². The molecule has 1 aliphatic carbocycles. The third-order valence-electron chi connectivity index (χ3n) is 3.87. The third-order valence-corrected chi connectivity index (χ3v) is 4.17. The molecule has 0 bridgehead atoms. The zero-order chi connectivity index (χ0) is 14.0. The van der Waals surface area contributed by atoms with E-state index in [2.05, 4.69) is 11.9 Å². The Morgan fingerprint density at radius 1 is 1.47 bits per heavy atom. The molecule has 104 valence electrons. The summed E-state index contributed by atoms with van der Waals surface area (Å²) in [6.45, 7) is 4.97. The maximum Gasteiger partial charge on any atom is 0.0910 e. The topological polar surface area (TPSA) is 35.8 Å². The van der Waals surface area contributed by atoms with E-state index in [9.17, 15) is 5.11 Å². The maximum absolute atomic E-state index is 10.4. The molecule has 0 saturated heterocycles. The fourth-order valence-corrected chi connectivity index (χ4v) is 2.50. The summed E-state index contributed by atoms with van der Waals surface area (Å²) in [5.74, 6) is 0. The van der Waals surface area contributed by atoms with Crippen LogP contribution in [-0.4, -0.2) is 29.9 Å². The highest BCUT2D eigenvalue weighted by atomic mass is 35.5. The largest absolute Gasteiger partial charge is 0.385 e. The molecule has 0 radical (unpaired) electrons. The first kappa shape index (κ1) is 14.4. The maximum atomic E-state index is 10.4. The first-order chi connectivity index (χ1) is 8.96. The van der Waals surface area contributed by atoms with Crippen molar-refractivity contribution < 1.29 is 5.11 Å². The number of aliphatic imine (C=N–C) groups is 1. The number of benzene rings is 1. The van der Waals surface area contributed by atoms with Crippen LogP contribution in [0.4, 0.5) is 5.69 Å². The Kier molecular flexibility index (Phi) is 4.16. The van der Waals surface area contributed by atoms with Gasteiger partial charge in [0.2, 0.25) is 0 Å². The van der Waals surface area contributed by atoms with E-state index >= 15 is 0 Å². The van der Waals surface area contributed by atoms with Crippen LogP contribution < -0.4 is 0 Å². The molecule has 1 N–H and O–H groups in total. The number of halogens is 1. The SMILES string of the molecule is CCN(C)C=Nc1cc(C)c(C2(O)CCC2)cc1Cl. The Labute approximate surface area is 119 Å². The number of rotatable bonds is 4. The molecular formula is C15H21ClN2O. The lowest BCUT2D eigenvalue weighted by Crippen LogP contribution is -2.34. The van der Waals surface area contributed by atoms with Crippen molar-refractivity contribution in [2.75, 3.05) is 13.6 Å². The van der Waals surface area contributed by atoms with E-state index in [1.807, 2.05) is 31.0 Å². The summed E-state index contributed by atoms with van der Waals surface area (Å²) in [6, 6.07) is 3.82. The van der Waals surface area contributed by atoms with Gasteiger partial charge < -0.3 is 10.0 Å². The fourth-order valence-electron chi connectivity index (χ4n) is 2.29. The van der Waals surface area contributed by atoms with Gasteiger partial charge in [-0.15, -0.1) is 0 Å². The van der Waals surface area contributed by atoms with E-state index < -0.39 is 5.60 Å². The van der Waals surface area contributed by atoms with Gasteiger partial charge in [0.25, 0.3) is 0 Å². The van der Waals surface area contributed by atoms with Gasteiger partial charge in [0, 0.05) is 13.6 Å². The molecule has 0 aromatic heterocycles. The van der Waals surface area contributed by atoms with Gasteiger partial charge in [-0.3, -0.25) is 0 Å². The Hall–Kier alpha value is -1.06. The van der Waals surface area contributed by atoms with Crippen LogP contribution in [0.3, 0.4) is 0 Å². The van der Waals surface area contributed by atoms with Crippen molar-refractivity contribution in [3.63, 3.8) is 0 Å². The standard InChI is InChI=1S/C15H21ClN2O/c1-4-18(3)10-17-14-8-11(2)12(9-13(14)16)15(19)6-5-7-15/h8-10,19H,4-7H2,1-3H3. The monoisotopic (exact) mass is 280 g/mol. The molecule has 0 heterocycles. The fraction of sp³-hybridized carbons (Fsp3) is 0.533. The minimum Gasteiger partial charge on any atom is -0.385 e.